The smallest absolute Gasteiger partial charge is 0.244 e. The highest BCUT2D eigenvalue weighted by molar-refractivity contribution is 5.56. The van der Waals surface area contributed by atoms with Crippen molar-refractivity contribution in [2.45, 2.75) is 40.0 Å². The summed E-state index contributed by atoms with van der Waals surface area (Å²) in [7, 11) is 0. The van der Waals surface area contributed by atoms with Crippen molar-refractivity contribution in [2.75, 3.05) is 17.2 Å². The van der Waals surface area contributed by atoms with Crippen molar-refractivity contribution in [1.82, 2.24) is 15.2 Å². The van der Waals surface area contributed by atoms with Crippen LogP contribution in [0.5, 0.6) is 0 Å². The van der Waals surface area contributed by atoms with E-state index in [1.54, 1.807) is 6.20 Å². The summed E-state index contributed by atoms with van der Waals surface area (Å²) in [6, 6.07) is 8.39. The Balaban J connectivity index is 2.05. The Morgan fingerprint density at radius 3 is 2.36 bits per heavy atom. The van der Waals surface area contributed by atoms with Crippen molar-refractivity contribution < 1.29 is 0 Å². The molecule has 5 heteroatoms. The molecular formula is C17H25N5. The van der Waals surface area contributed by atoms with Crippen molar-refractivity contribution in [3.8, 4) is 0 Å². The van der Waals surface area contributed by atoms with Crippen LogP contribution in [0.4, 0.5) is 17.5 Å². The van der Waals surface area contributed by atoms with E-state index >= 15 is 0 Å². The molecule has 0 atom stereocenters. The maximum absolute atomic E-state index is 4.42. The molecule has 0 fully saturated rings. The number of rotatable bonds is 5. The van der Waals surface area contributed by atoms with Gasteiger partial charge in [0.25, 0.3) is 0 Å². The molecule has 0 aliphatic carbocycles. The second-order valence-corrected chi connectivity index (χ2v) is 6.89. The minimum Gasteiger partial charge on any atom is -0.353 e. The fraction of sp³-hybridized carbons (Fsp3) is 0.471. The van der Waals surface area contributed by atoms with Crippen LogP contribution in [0.1, 0.15) is 40.2 Å². The lowest BCUT2D eigenvalue weighted by atomic mass is 9.87. The Morgan fingerprint density at radius 1 is 1.09 bits per heavy atom. The molecule has 0 aliphatic heterocycles. The Labute approximate surface area is 132 Å². The van der Waals surface area contributed by atoms with E-state index in [1.807, 2.05) is 0 Å². The number of nitrogens with zero attached hydrogens (tertiary/aromatic N) is 3. The third kappa shape index (κ3) is 4.69. The SMILES string of the molecule is CC(C)CNc1nncc(Nc2ccc(C(C)(C)C)cc2)n1. The third-order valence-corrected chi connectivity index (χ3v) is 3.25. The summed E-state index contributed by atoms with van der Waals surface area (Å²) in [5.41, 5.74) is 2.45. The number of aromatic nitrogens is 3. The molecule has 118 valence electrons. The van der Waals surface area contributed by atoms with Crippen molar-refractivity contribution >= 4 is 17.5 Å². The first kappa shape index (κ1) is 16.2. The zero-order valence-corrected chi connectivity index (χ0v) is 14.0. The van der Waals surface area contributed by atoms with Crippen molar-refractivity contribution in [3.63, 3.8) is 0 Å². The van der Waals surface area contributed by atoms with E-state index in [-0.39, 0.29) is 5.41 Å². The van der Waals surface area contributed by atoms with Gasteiger partial charge in [-0.05, 0) is 29.0 Å². The van der Waals surface area contributed by atoms with Gasteiger partial charge in [0.1, 0.15) is 0 Å². The van der Waals surface area contributed by atoms with Crippen LogP contribution in [-0.4, -0.2) is 21.7 Å². The topological polar surface area (TPSA) is 62.7 Å². The van der Waals surface area contributed by atoms with Crippen LogP contribution in [0.3, 0.4) is 0 Å². The van der Waals surface area contributed by atoms with Gasteiger partial charge in [0.2, 0.25) is 5.95 Å². The summed E-state index contributed by atoms with van der Waals surface area (Å²) in [4.78, 5) is 4.42. The van der Waals surface area contributed by atoms with E-state index in [1.165, 1.54) is 5.56 Å². The van der Waals surface area contributed by atoms with E-state index < -0.39 is 0 Å². The number of hydrogen-bond acceptors (Lipinski definition) is 5. The summed E-state index contributed by atoms with van der Waals surface area (Å²) >= 11 is 0. The quantitative estimate of drug-likeness (QED) is 0.874. The van der Waals surface area contributed by atoms with E-state index in [9.17, 15) is 0 Å². The van der Waals surface area contributed by atoms with Crippen LogP contribution in [0.2, 0.25) is 0 Å². The minimum absolute atomic E-state index is 0.156. The van der Waals surface area contributed by atoms with E-state index in [0.29, 0.717) is 17.7 Å². The van der Waals surface area contributed by atoms with Crippen LogP contribution < -0.4 is 10.6 Å². The number of benzene rings is 1. The van der Waals surface area contributed by atoms with Gasteiger partial charge in [-0.1, -0.05) is 46.8 Å². The fourth-order valence-electron chi connectivity index (χ4n) is 1.94. The van der Waals surface area contributed by atoms with Gasteiger partial charge in [-0.3, -0.25) is 0 Å². The average Bonchev–Trinajstić information content (AvgIpc) is 2.45. The normalized spacial score (nSPS) is 11.5. The Hall–Kier alpha value is -2.17. The second kappa shape index (κ2) is 6.73. The standard InChI is InChI=1S/C17H25N5/c1-12(2)10-18-16-21-15(11-19-22-16)20-14-8-6-13(7-9-14)17(3,4)5/h6-9,11-12H,10H2,1-5H3,(H2,18,20,21,22). The molecule has 0 radical (unpaired) electrons. The molecule has 0 bridgehead atoms. The maximum atomic E-state index is 4.42. The first-order valence-electron chi connectivity index (χ1n) is 7.66. The van der Waals surface area contributed by atoms with Gasteiger partial charge in [0, 0.05) is 12.2 Å². The molecule has 0 saturated heterocycles. The van der Waals surface area contributed by atoms with Crippen LogP contribution in [0.25, 0.3) is 0 Å². The summed E-state index contributed by atoms with van der Waals surface area (Å²) in [5, 5.41) is 14.4. The van der Waals surface area contributed by atoms with Gasteiger partial charge in [-0.2, -0.15) is 10.1 Å². The molecule has 1 aromatic heterocycles. The highest BCUT2D eigenvalue weighted by atomic mass is 15.3. The molecule has 0 unspecified atom stereocenters. The lowest BCUT2D eigenvalue weighted by Gasteiger charge is -2.19. The van der Waals surface area contributed by atoms with Crippen molar-refractivity contribution in [3.05, 3.63) is 36.0 Å². The number of anilines is 3. The average molecular weight is 299 g/mol. The molecule has 2 N–H and O–H groups in total. The first-order chi connectivity index (χ1) is 10.3. The van der Waals surface area contributed by atoms with Crippen molar-refractivity contribution in [2.24, 2.45) is 5.92 Å². The summed E-state index contributed by atoms with van der Waals surface area (Å²) in [6.07, 6.45) is 1.62. The Morgan fingerprint density at radius 2 is 1.77 bits per heavy atom. The zero-order valence-electron chi connectivity index (χ0n) is 14.0. The second-order valence-electron chi connectivity index (χ2n) is 6.89. The molecule has 0 aliphatic rings. The zero-order chi connectivity index (χ0) is 16.2. The lowest BCUT2D eigenvalue weighted by molar-refractivity contribution is 0.590. The number of nitrogens with one attached hydrogen (secondary N) is 2. The largest absolute Gasteiger partial charge is 0.353 e. The maximum Gasteiger partial charge on any atom is 0.244 e. The van der Waals surface area contributed by atoms with Gasteiger partial charge in [-0.25, -0.2) is 0 Å². The highest BCUT2D eigenvalue weighted by Crippen LogP contribution is 2.24. The molecule has 22 heavy (non-hydrogen) atoms. The van der Waals surface area contributed by atoms with Gasteiger partial charge >= 0.3 is 0 Å². The predicted octanol–water partition coefficient (Wildman–Crippen LogP) is 3.98. The van der Waals surface area contributed by atoms with Gasteiger partial charge in [0.15, 0.2) is 5.82 Å². The molecular weight excluding hydrogens is 274 g/mol. The van der Waals surface area contributed by atoms with Crippen LogP contribution in [-0.2, 0) is 5.41 Å². The first-order valence-corrected chi connectivity index (χ1v) is 7.66. The van der Waals surface area contributed by atoms with E-state index in [4.69, 9.17) is 0 Å². The Bertz CT molecular complexity index is 599. The predicted molar refractivity (Wildman–Crippen MR) is 91.6 cm³/mol. The molecule has 0 saturated carbocycles. The summed E-state index contributed by atoms with van der Waals surface area (Å²) < 4.78 is 0. The lowest BCUT2D eigenvalue weighted by Crippen LogP contribution is -2.12. The van der Waals surface area contributed by atoms with Gasteiger partial charge in [-0.15, -0.1) is 5.10 Å². The highest BCUT2D eigenvalue weighted by Gasteiger charge is 2.12. The molecule has 0 spiro atoms. The molecule has 1 heterocycles. The Kier molecular flexibility index (Phi) is 4.96. The van der Waals surface area contributed by atoms with E-state index in [0.717, 1.165) is 12.2 Å². The van der Waals surface area contributed by atoms with Gasteiger partial charge < -0.3 is 10.6 Å². The van der Waals surface area contributed by atoms with Crippen LogP contribution in [0, 0.1) is 5.92 Å². The number of hydrogen-bond donors (Lipinski definition) is 2. The summed E-state index contributed by atoms with van der Waals surface area (Å²) in [5.74, 6) is 1.76. The summed E-state index contributed by atoms with van der Waals surface area (Å²) in [6.45, 7) is 11.7. The van der Waals surface area contributed by atoms with Crippen LogP contribution in [0.15, 0.2) is 30.5 Å². The minimum atomic E-state index is 0.156. The van der Waals surface area contributed by atoms with E-state index in [2.05, 4.69) is 84.7 Å². The third-order valence-electron chi connectivity index (χ3n) is 3.25. The molecule has 2 rings (SSSR count). The van der Waals surface area contributed by atoms with Crippen molar-refractivity contribution in [1.29, 1.82) is 0 Å². The monoisotopic (exact) mass is 299 g/mol. The van der Waals surface area contributed by atoms with Crippen LogP contribution >= 0.6 is 0 Å². The van der Waals surface area contributed by atoms with Gasteiger partial charge in [0.05, 0.1) is 6.20 Å². The molecule has 5 nitrogen and oxygen atoms in total. The molecule has 2 aromatic rings. The fourth-order valence-corrected chi connectivity index (χ4v) is 1.94. The molecule has 0 amide bonds. The molecule has 1 aromatic carbocycles.